The third-order valence-corrected chi connectivity index (χ3v) is 7.86. The van der Waals surface area contributed by atoms with Crippen LogP contribution in [0.25, 0.3) is 0 Å². The molecule has 4 rings (SSSR count). The Kier molecular flexibility index (Phi) is 7.42. The average Bonchev–Trinajstić information content (AvgIpc) is 2.82. The quantitative estimate of drug-likeness (QED) is 0.171. The number of nitrogens with one attached hydrogen (secondary N) is 1. The molecule has 0 radical (unpaired) electrons. The number of rotatable bonds is 7. The number of esters is 1. The molecule has 3 aromatic rings. The molecule has 0 aliphatic heterocycles. The van der Waals surface area contributed by atoms with Gasteiger partial charge in [-0.25, -0.2) is 13.2 Å². The summed E-state index contributed by atoms with van der Waals surface area (Å²) in [5.74, 6) is -4.34. The smallest absolute Gasteiger partial charge is 0.505 e. The summed E-state index contributed by atoms with van der Waals surface area (Å²) in [5.41, 5.74) is -1.88. The molecule has 1 aliphatic carbocycles. The Morgan fingerprint density at radius 1 is 1.08 bits per heavy atom. The van der Waals surface area contributed by atoms with Crippen molar-refractivity contribution in [3.8, 4) is 29.1 Å². The molecule has 9 nitrogen and oxygen atoms in total. The lowest BCUT2D eigenvalue weighted by Crippen LogP contribution is -2.32. The first-order chi connectivity index (χ1) is 18.2. The first-order valence-electron chi connectivity index (χ1n) is 11.1. The van der Waals surface area contributed by atoms with E-state index in [4.69, 9.17) is 4.74 Å². The Morgan fingerprint density at radius 3 is 2.31 bits per heavy atom. The molecule has 0 aromatic heterocycles. The van der Waals surface area contributed by atoms with Crippen molar-refractivity contribution in [3.05, 3.63) is 70.2 Å². The number of aromatic hydroxyl groups is 2. The second kappa shape index (κ2) is 10.3. The highest BCUT2D eigenvalue weighted by Gasteiger charge is 2.41. The fourth-order valence-corrected chi connectivity index (χ4v) is 5.73. The topological polar surface area (TPSA) is 146 Å². The molecule has 1 fully saturated rings. The van der Waals surface area contributed by atoms with Gasteiger partial charge >= 0.3 is 12.3 Å². The van der Waals surface area contributed by atoms with Gasteiger partial charge < -0.3 is 19.7 Å². The first kappa shape index (κ1) is 28.1. The summed E-state index contributed by atoms with van der Waals surface area (Å²) in [5, 5.41) is 31.0. The van der Waals surface area contributed by atoms with Crippen LogP contribution in [0.5, 0.6) is 23.0 Å². The van der Waals surface area contributed by atoms with Crippen molar-refractivity contribution in [3.63, 3.8) is 0 Å². The normalized spacial score (nSPS) is 14.5. The molecule has 0 saturated heterocycles. The van der Waals surface area contributed by atoms with E-state index in [2.05, 4.69) is 26.7 Å². The minimum absolute atomic E-state index is 0.129. The number of ether oxygens (including phenoxy) is 2. The molecule has 0 spiro atoms. The van der Waals surface area contributed by atoms with Crippen LogP contribution in [0.1, 0.15) is 35.2 Å². The van der Waals surface area contributed by atoms with Crippen molar-refractivity contribution in [2.24, 2.45) is 0 Å². The van der Waals surface area contributed by atoms with E-state index >= 15 is 0 Å². The van der Waals surface area contributed by atoms with Gasteiger partial charge in [0, 0.05) is 4.47 Å². The molecule has 3 N–H and O–H groups in total. The van der Waals surface area contributed by atoms with Gasteiger partial charge in [0.1, 0.15) is 16.2 Å². The van der Waals surface area contributed by atoms with Crippen LogP contribution in [0.2, 0.25) is 0 Å². The zero-order chi connectivity index (χ0) is 28.6. The summed E-state index contributed by atoms with van der Waals surface area (Å²) in [4.78, 5) is 11.9. The Hall–Kier alpha value is -3.96. The molecule has 0 heterocycles. The summed E-state index contributed by atoms with van der Waals surface area (Å²) in [6, 6.07) is 13.9. The van der Waals surface area contributed by atoms with E-state index in [1.807, 2.05) is 4.72 Å². The van der Waals surface area contributed by atoms with E-state index in [1.54, 1.807) is 18.2 Å². The zero-order valence-corrected chi connectivity index (χ0v) is 22.0. The third kappa shape index (κ3) is 5.89. The van der Waals surface area contributed by atoms with Gasteiger partial charge in [0.25, 0.3) is 10.0 Å². The molecule has 204 valence electrons. The number of benzene rings is 3. The van der Waals surface area contributed by atoms with Gasteiger partial charge in [-0.2, -0.15) is 5.26 Å². The molecule has 0 unspecified atom stereocenters. The molecule has 14 heteroatoms. The maximum Gasteiger partial charge on any atom is 0.573 e. The van der Waals surface area contributed by atoms with Crippen LogP contribution in [-0.2, 0) is 15.4 Å². The molecule has 0 amide bonds. The number of halogens is 4. The van der Waals surface area contributed by atoms with Gasteiger partial charge in [0.15, 0.2) is 17.2 Å². The Bertz CT molecular complexity index is 1590. The summed E-state index contributed by atoms with van der Waals surface area (Å²) < 4.78 is 75.5. The molecule has 39 heavy (non-hydrogen) atoms. The highest BCUT2D eigenvalue weighted by atomic mass is 79.9. The van der Waals surface area contributed by atoms with Gasteiger partial charge in [-0.15, -0.1) is 13.2 Å². The molecular weight excluding hydrogens is 609 g/mol. The monoisotopic (exact) mass is 626 g/mol. The Labute approximate surface area is 228 Å². The number of nitriles is 1. The summed E-state index contributed by atoms with van der Waals surface area (Å²) in [6.45, 7) is 0. The molecule has 0 atom stereocenters. The van der Waals surface area contributed by atoms with Crippen molar-refractivity contribution < 1.29 is 46.1 Å². The maximum absolute atomic E-state index is 13.2. The minimum Gasteiger partial charge on any atom is -0.505 e. The number of phenols is 2. The Morgan fingerprint density at radius 2 is 1.74 bits per heavy atom. The third-order valence-electron chi connectivity index (χ3n) is 6.02. The van der Waals surface area contributed by atoms with E-state index in [-0.39, 0.29) is 15.8 Å². The lowest BCUT2D eigenvalue weighted by molar-refractivity contribution is -0.275. The van der Waals surface area contributed by atoms with Gasteiger partial charge in [-0.1, -0.05) is 34.1 Å². The number of phenolic OH excluding ortho intramolecular Hbond substituents is 2. The highest BCUT2D eigenvalue weighted by molar-refractivity contribution is 9.10. The van der Waals surface area contributed by atoms with Gasteiger partial charge in [-0.3, -0.25) is 4.72 Å². The largest absolute Gasteiger partial charge is 0.573 e. The lowest BCUT2D eigenvalue weighted by Gasteiger charge is -2.36. The molecule has 1 saturated carbocycles. The minimum atomic E-state index is -5.23. The number of para-hydroxylation sites is 1. The number of carbonyl (C=O) groups excluding carboxylic acids is 1. The number of hydrogen-bond acceptors (Lipinski definition) is 8. The average molecular weight is 627 g/mol. The van der Waals surface area contributed by atoms with Gasteiger partial charge in [0.2, 0.25) is 0 Å². The van der Waals surface area contributed by atoms with Crippen LogP contribution in [-0.4, -0.2) is 31.0 Å². The number of carbonyl (C=O) groups is 1. The number of alkyl halides is 3. The van der Waals surface area contributed by atoms with Crippen LogP contribution in [0.3, 0.4) is 0 Å². The van der Waals surface area contributed by atoms with E-state index in [0.29, 0.717) is 25.3 Å². The van der Waals surface area contributed by atoms with Crippen LogP contribution in [0.4, 0.5) is 18.9 Å². The lowest BCUT2D eigenvalue weighted by atomic mass is 9.65. The number of sulfonamides is 1. The fraction of sp³-hybridized carbons (Fsp3) is 0.200. The second-order valence-corrected chi connectivity index (χ2v) is 11.1. The van der Waals surface area contributed by atoms with Gasteiger partial charge in [0.05, 0.1) is 17.2 Å². The predicted molar refractivity (Wildman–Crippen MR) is 134 cm³/mol. The van der Waals surface area contributed by atoms with Crippen LogP contribution in [0, 0.1) is 11.3 Å². The summed E-state index contributed by atoms with van der Waals surface area (Å²) >= 11 is 2.88. The maximum atomic E-state index is 13.2. The SMILES string of the molecule is N#CC1(c2cc(NS(=O)(=O)c3cc(Br)cc(OC(F)(F)F)c3O)c(O)c(C(=O)Oc3ccccc3)c2)CCC1. The standard InChI is InChI=1S/C25H18BrF3N2O7S/c26-15-11-19(38-25(27,28)29)22(33)20(12-15)39(35,36)31-18-10-14(24(13-30)7-4-8-24)9-17(21(18)32)23(34)37-16-5-2-1-3-6-16/h1-3,5-6,9-12,31-33H,4,7-8H2. The predicted octanol–water partition coefficient (Wildman–Crippen LogP) is 5.72. The summed E-state index contributed by atoms with van der Waals surface area (Å²) in [7, 11) is -4.90. The van der Waals surface area contributed by atoms with Crippen LogP contribution >= 0.6 is 15.9 Å². The zero-order valence-electron chi connectivity index (χ0n) is 19.6. The van der Waals surface area contributed by atoms with Crippen molar-refractivity contribution in [2.75, 3.05) is 4.72 Å². The van der Waals surface area contributed by atoms with Crippen molar-refractivity contribution in [1.82, 2.24) is 0 Å². The summed E-state index contributed by atoms with van der Waals surface area (Å²) in [6.07, 6.45) is -3.74. The number of nitrogens with zero attached hydrogens (tertiary/aromatic N) is 1. The first-order valence-corrected chi connectivity index (χ1v) is 13.4. The Balaban J connectivity index is 1.80. The van der Waals surface area contributed by atoms with E-state index in [1.165, 1.54) is 18.2 Å². The van der Waals surface area contributed by atoms with E-state index in [0.717, 1.165) is 12.1 Å². The van der Waals surface area contributed by atoms with Crippen LogP contribution in [0.15, 0.2) is 64.0 Å². The highest BCUT2D eigenvalue weighted by Crippen LogP contribution is 2.47. The second-order valence-electron chi connectivity index (χ2n) is 8.57. The van der Waals surface area contributed by atoms with Crippen molar-refractivity contribution >= 4 is 37.6 Å². The molecular formula is C25H18BrF3N2O7S. The molecule has 0 bridgehead atoms. The van der Waals surface area contributed by atoms with E-state index < -0.39 is 61.2 Å². The van der Waals surface area contributed by atoms with Crippen LogP contribution < -0.4 is 14.2 Å². The fourth-order valence-electron chi connectivity index (χ4n) is 3.95. The molecule has 1 aliphatic rings. The van der Waals surface area contributed by atoms with Crippen molar-refractivity contribution in [1.29, 1.82) is 5.26 Å². The number of anilines is 1. The molecule has 3 aromatic carbocycles. The van der Waals surface area contributed by atoms with Crippen molar-refractivity contribution in [2.45, 2.75) is 35.9 Å². The van der Waals surface area contributed by atoms with Gasteiger partial charge in [-0.05, 0) is 61.2 Å². The van der Waals surface area contributed by atoms with E-state index in [9.17, 15) is 41.9 Å². The number of hydrogen-bond donors (Lipinski definition) is 3.